The van der Waals surface area contributed by atoms with Gasteiger partial charge in [0.1, 0.15) is 10.8 Å². The lowest BCUT2D eigenvalue weighted by Gasteiger charge is -2.32. The Balaban J connectivity index is 2.31. The quantitative estimate of drug-likeness (QED) is 0.848. The van der Waals surface area contributed by atoms with Crippen LogP contribution in [0, 0.1) is 19.8 Å². The van der Waals surface area contributed by atoms with Gasteiger partial charge in [-0.2, -0.15) is 0 Å². The first-order valence-electron chi connectivity index (χ1n) is 6.48. The minimum Gasteiger partial charge on any atom is -0.389 e. The maximum atomic E-state index is 5.85. The molecule has 0 saturated heterocycles. The van der Waals surface area contributed by atoms with Gasteiger partial charge in [0, 0.05) is 19.3 Å². The third kappa shape index (κ3) is 2.64. The molecule has 0 atom stereocenters. The van der Waals surface area contributed by atoms with Gasteiger partial charge < -0.3 is 10.6 Å². The number of hydrogen-bond acceptors (Lipinski definition) is 3. The molecule has 1 aromatic heterocycles. The summed E-state index contributed by atoms with van der Waals surface area (Å²) >= 11 is 5.17. The van der Waals surface area contributed by atoms with E-state index in [9.17, 15) is 0 Å². The molecule has 0 aliphatic heterocycles. The lowest BCUT2D eigenvalue weighted by molar-refractivity contribution is 0.321. The van der Waals surface area contributed by atoms with Crippen LogP contribution in [-0.2, 0) is 0 Å². The Bertz CT molecular complexity index is 466. The van der Waals surface area contributed by atoms with Crippen LogP contribution in [0.5, 0.6) is 0 Å². The van der Waals surface area contributed by atoms with Crippen LogP contribution < -0.4 is 10.6 Å². The molecular formula is C14H21N3S. The van der Waals surface area contributed by atoms with Crippen LogP contribution in [0.25, 0.3) is 0 Å². The Labute approximate surface area is 114 Å². The fraction of sp³-hybridized carbons (Fsp3) is 0.571. The predicted molar refractivity (Wildman–Crippen MR) is 80.2 cm³/mol. The normalized spacial score (nSPS) is 15.3. The number of aromatic nitrogens is 1. The second-order valence-corrected chi connectivity index (χ2v) is 5.76. The van der Waals surface area contributed by atoms with E-state index < -0.39 is 0 Å². The van der Waals surface area contributed by atoms with Crippen molar-refractivity contribution in [3.63, 3.8) is 0 Å². The van der Waals surface area contributed by atoms with E-state index in [1.807, 2.05) is 19.9 Å². The number of hydrogen-bond donors (Lipinski definition) is 1. The van der Waals surface area contributed by atoms with Gasteiger partial charge in [-0.15, -0.1) is 0 Å². The van der Waals surface area contributed by atoms with E-state index in [1.165, 1.54) is 19.3 Å². The molecule has 0 bridgehead atoms. The molecular weight excluding hydrogens is 242 g/mol. The summed E-state index contributed by atoms with van der Waals surface area (Å²) in [4.78, 5) is 7.27. The average Bonchev–Trinajstić information content (AvgIpc) is 2.21. The van der Waals surface area contributed by atoms with Gasteiger partial charge in [0.15, 0.2) is 0 Å². The first-order chi connectivity index (χ1) is 8.49. The highest BCUT2D eigenvalue weighted by Crippen LogP contribution is 2.29. The van der Waals surface area contributed by atoms with Gasteiger partial charge in [-0.1, -0.05) is 18.6 Å². The molecule has 0 radical (unpaired) electrons. The zero-order chi connectivity index (χ0) is 13.3. The number of rotatable bonds is 4. The SMILES string of the molecule is Cc1cc(C)c(C(N)=S)c(N(C)CC2CCC2)n1. The summed E-state index contributed by atoms with van der Waals surface area (Å²) in [5.74, 6) is 1.74. The van der Waals surface area contributed by atoms with Crippen molar-refractivity contribution < 1.29 is 0 Å². The summed E-state index contributed by atoms with van der Waals surface area (Å²) in [6.45, 7) is 5.10. The minimum absolute atomic E-state index is 0.440. The molecule has 1 fully saturated rings. The Morgan fingerprint density at radius 3 is 2.67 bits per heavy atom. The van der Waals surface area contributed by atoms with Crippen LogP contribution in [0.3, 0.4) is 0 Å². The van der Waals surface area contributed by atoms with E-state index >= 15 is 0 Å². The van der Waals surface area contributed by atoms with Crippen LogP contribution >= 0.6 is 12.2 Å². The van der Waals surface area contributed by atoms with Crippen molar-refractivity contribution >= 4 is 23.0 Å². The number of aryl methyl sites for hydroxylation is 2. The number of nitrogens with zero attached hydrogens (tertiary/aromatic N) is 2. The zero-order valence-electron chi connectivity index (χ0n) is 11.4. The maximum Gasteiger partial charge on any atom is 0.139 e. The van der Waals surface area contributed by atoms with Crippen molar-refractivity contribution in [2.45, 2.75) is 33.1 Å². The van der Waals surface area contributed by atoms with Crippen molar-refractivity contribution in [3.05, 3.63) is 22.9 Å². The largest absolute Gasteiger partial charge is 0.389 e. The van der Waals surface area contributed by atoms with E-state index in [4.69, 9.17) is 18.0 Å². The third-order valence-electron chi connectivity index (χ3n) is 3.69. The van der Waals surface area contributed by atoms with Gasteiger partial charge in [0.2, 0.25) is 0 Å². The monoisotopic (exact) mass is 263 g/mol. The topological polar surface area (TPSA) is 42.1 Å². The number of thiocarbonyl (C=S) groups is 1. The van der Waals surface area contributed by atoms with E-state index in [-0.39, 0.29) is 0 Å². The molecule has 3 nitrogen and oxygen atoms in total. The van der Waals surface area contributed by atoms with Crippen molar-refractivity contribution in [2.75, 3.05) is 18.5 Å². The molecule has 0 amide bonds. The van der Waals surface area contributed by atoms with Gasteiger partial charge in [-0.25, -0.2) is 4.98 Å². The molecule has 2 N–H and O–H groups in total. The number of nitrogens with two attached hydrogens (primary N) is 1. The number of pyridine rings is 1. The van der Waals surface area contributed by atoms with Gasteiger partial charge >= 0.3 is 0 Å². The van der Waals surface area contributed by atoms with Crippen LogP contribution in [0.4, 0.5) is 5.82 Å². The standard InChI is InChI=1S/C14H21N3S/c1-9-7-10(2)16-14(12(9)13(15)18)17(3)8-11-5-4-6-11/h7,11H,4-6,8H2,1-3H3,(H2,15,18). The van der Waals surface area contributed by atoms with Crippen LogP contribution in [0.2, 0.25) is 0 Å². The molecule has 1 aromatic rings. The van der Waals surface area contributed by atoms with Crippen LogP contribution in [0.1, 0.15) is 36.1 Å². The fourth-order valence-electron chi connectivity index (χ4n) is 2.55. The van der Waals surface area contributed by atoms with E-state index in [2.05, 4.69) is 16.9 Å². The summed E-state index contributed by atoms with van der Waals surface area (Å²) in [6.07, 6.45) is 4.02. The van der Waals surface area contributed by atoms with E-state index in [1.54, 1.807) is 0 Å². The highest BCUT2D eigenvalue weighted by molar-refractivity contribution is 7.80. The van der Waals surface area contributed by atoms with Gasteiger partial charge in [-0.3, -0.25) is 0 Å². The molecule has 0 spiro atoms. The minimum atomic E-state index is 0.440. The van der Waals surface area contributed by atoms with Gasteiger partial charge in [0.05, 0.1) is 5.56 Å². The molecule has 1 aliphatic carbocycles. The Morgan fingerprint density at radius 2 is 2.17 bits per heavy atom. The molecule has 1 saturated carbocycles. The summed E-state index contributed by atoms with van der Waals surface area (Å²) in [5.41, 5.74) is 8.91. The highest BCUT2D eigenvalue weighted by atomic mass is 32.1. The molecule has 4 heteroatoms. The van der Waals surface area contributed by atoms with Crippen molar-refractivity contribution in [3.8, 4) is 0 Å². The molecule has 1 aliphatic rings. The van der Waals surface area contributed by atoms with Crippen molar-refractivity contribution in [1.82, 2.24) is 4.98 Å². The van der Waals surface area contributed by atoms with Crippen LogP contribution in [0.15, 0.2) is 6.07 Å². The van der Waals surface area contributed by atoms with E-state index in [0.29, 0.717) is 4.99 Å². The maximum absolute atomic E-state index is 5.85. The summed E-state index contributed by atoms with van der Waals surface area (Å²) < 4.78 is 0. The number of anilines is 1. The van der Waals surface area contributed by atoms with Gasteiger partial charge in [-0.05, 0) is 44.2 Å². The van der Waals surface area contributed by atoms with Crippen molar-refractivity contribution in [2.24, 2.45) is 11.7 Å². The molecule has 98 valence electrons. The zero-order valence-corrected chi connectivity index (χ0v) is 12.2. The lowest BCUT2D eigenvalue weighted by atomic mass is 9.85. The Kier molecular flexibility index (Phi) is 3.85. The molecule has 0 aromatic carbocycles. The van der Waals surface area contributed by atoms with Gasteiger partial charge in [0.25, 0.3) is 0 Å². The Hall–Kier alpha value is -1.16. The summed E-state index contributed by atoms with van der Waals surface area (Å²) in [7, 11) is 2.08. The first kappa shape index (κ1) is 13.3. The lowest BCUT2D eigenvalue weighted by Crippen LogP contribution is -2.32. The fourth-order valence-corrected chi connectivity index (χ4v) is 2.80. The predicted octanol–water partition coefficient (Wildman–Crippen LogP) is 2.57. The van der Waals surface area contributed by atoms with Crippen molar-refractivity contribution in [1.29, 1.82) is 0 Å². The second kappa shape index (κ2) is 5.22. The van der Waals surface area contributed by atoms with Crippen LogP contribution in [-0.4, -0.2) is 23.6 Å². The molecule has 0 unspecified atom stereocenters. The smallest absolute Gasteiger partial charge is 0.139 e. The average molecular weight is 263 g/mol. The summed E-state index contributed by atoms with van der Waals surface area (Å²) in [5, 5.41) is 0. The second-order valence-electron chi connectivity index (χ2n) is 5.32. The third-order valence-corrected chi connectivity index (χ3v) is 3.89. The molecule has 1 heterocycles. The summed E-state index contributed by atoms with van der Waals surface area (Å²) in [6, 6.07) is 2.04. The first-order valence-corrected chi connectivity index (χ1v) is 6.89. The molecule has 2 rings (SSSR count). The van der Waals surface area contributed by atoms with E-state index in [0.717, 1.165) is 35.1 Å². The Morgan fingerprint density at radius 1 is 1.50 bits per heavy atom. The molecule has 18 heavy (non-hydrogen) atoms. The highest BCUT2D eigenvalue weighted by Gasteiger charge is 2.22.